The van der Waals surface area contributed by atoms with Crippen molar-refractivity contribution in [1.82, 2.24) is 0 Å². The number of rotatable bonds is 8. The minimum absolute atomic E-state index is 0.152. The molecule has 0 aromatic carbocycles. The first-order chi connectivity index (χ1) is 10.7. The molecule has 6 atom stereocenters. The Bertz CT molecular complexity index is 405. The second-order valence-electron chi connectivity index (χ2n) is 6.16. The van der Waals surface area contributed by atoms with Gasteiger partial charge in [0.15, 0.2) is 6.29 Å². The third-order valence-corrected chi connectivity index (χ3v) is 3.91. The highest BCUT2D eigenvalue weighted by atomic mass is 16.7. The van der Waals surface area contributed by atoms with E-state index >= 15 is 0 Å². The van der Waals surface area contributed by atoms with Crippen LogP contribution in [-0.2, 0) is 9.47 Å². The molecule has 7 heteroatoms. The normalized spacial score (nSPS) is 34.9. The Morgan fingerprint density at radius 2 is 1.91 bits per heavy atom. The van der Waals surface area contributed by atoms with E-state index < -0.39 is 42.9 Å². The van der Waals surface area contributed by atoms with Crippen LogP contribution in [0.25, 0.3) is 0 Å². The third-order valence-electron chi connectivity index (χ3n) is 3.91. The van der Waals surface area contributed by atoms with Gasteiger partial charge in [0.05, 0.1) is 18.8 Å². The minimum Gasteiger partial charge on any atom is -0.394 e. The topological polar surface area (TPSA) is 120 Å². The second kappa shape index (κ2) is 8.89. The third kappa shape index (κ3) is 5.96. The fourth-order valence-electron chi connectivity index (χ4n) is 2.19. The summed E-state index contributed by atoms with van der Waals surface area (Å²) in [5, 5.41) is 48.1. The highest BCUT2D eigenvalue weighted by molar-refractivity contribution is 5.01. The number of allylic oxidation sites excluding steroid dienone is 1. The SMILES string of the molecule is C=C[C@@](C)(O)CC/C=C(/C)CO[C@@H]1O[C@H](CO)[C@@H](O)[C@H](O)[C@H]1O. The van der Waals surface area contributed by atoms with Crippen LogP contribution in [0.1, 0.15) is 26.7 Å². The van der Waals surface area contributed by atoms with Gasteiger partial charge >= 0.3 is 0 Å². The van der Waals surface area contributed by atoms with Crippen molar-refractivity contribution >= 4 is 0 Å². The number of aliphatic hydroxyl groups excluding tert-OH is 4. The summed E-state index contributed by atoms with van der Waals surface area (Å²) >= 11 is 0. The molecule has 0 aromatic rings. The van der Waals surface area contributed by atoms with Gasteiger partial charge in [0.25, 0.3) is 0 Å². The zero-order valence-electron chi connectivity index (χ0n) is 13.6. The Morgan fingerprint density at radius 1 is 1.26 bits per heavy atom. The zero-order chi connectivity index (χ0) is 17.6. The Kier molecular flexibility index (Phi) is 7.82. The van der Waals surface area contributed by atoms with Gasteiger partial charge in [0.1, 0.15) is 24.4 Å². The van der Waals surface area contributed by atoms with Gasteiger partial charge < -0.3 is 35.0 Å². The predicted octanol–water partition coefficient (Wildman–Crippen LogP) is -0.534. The molecule has 0 radical (unpaired) electrons. The molecule has 1 rings (SSSR count). The fraction of sp³-hybridized carbons (Fsp3) is 0.750. The standard InChI is InChI=1S/C16H28O7/c1-4-16(3,21)7-5-6-10(2)9-22-15-14(20)13(19)12(18)11(8-17)23-15/h4,6,11-15,17-21H,1,5,7-9H2,2-3H3/b10-6-/t11-,12-,13+,14-,15-,16-/m1/s1. The number of hydrogen-bond donors (Lipinski definition) is 5. The van der Waals surface area contributed by atoms with Crippen LogP contribution in [0.2, 0.25) is 0 Å². The summed E-state index contributed by atoms with van der Waals surface area (Å²) in [6, 6.07) is 0. The molecule has 1 aliphatic heterocycles. The lowest BCUT2D eigenvalue weighted by Crippen LogP contribution is -2.59. The van der Waals surface area contributed by atoms with Crippen molar-refractivity contribution in [3.05, 3.63) is 24.3 Å². The minimum atomic E-state index is -1.45. The average Bonchev–Trinajstić information content (AvgIpc) is 2.52. The van der Waals surface area contributed by atoms with Crippen LogP contribution in [-0.4, -0.2) is 75.1 Å². The van der Waals surface area contributed by atoms with Gasteiger partial charge in [0.2, 0.25) is 0 Å². The molecule has 0 aliphatic carbocycles. The van der Waals surface area contributed by atoms with Crippen molar-refractivity contribution in [3.8, 4) is 0 Å². The van der Waals surface area contributed by atoms with Crippen LogP contribution in [0.5, 0.6) is 0 Å². The summed E-state index contributed by atoms with van der Waals surface area (Å²) in [5.74, 6) is 0. The quantitative estimate of drug-likeness (QED) is 0.379. The first-order valence-electron chi connectivity index (χ1n) is 7.65. The summed E-state index contributed by atoms with van der Waals surface area (Å²) in [6.07, 6.45) is -1.83. The van der Waals surface area contributed by atoms with E-state index in [0.717, 1.165) is 5.57 Å². The maximum atomic E-state index is 9.84. The molecule has 134 valence electrons. The molecule has 23 heavy (non-hydrogen) atoms. The van der Waals surface area contributed by atoms with E-state index in [0.29, 0.717) is 12.8 Å². The van der Waals surface area contributed by atoms with E-state index in [2.05, 4.69) is 6.58 Å². The van der Waals surface area contributed by atoms with Crippen LogP contribution >= 0.6 is 0 Å². The lowest BCUT2D eigenvalue weighted by Gasteiger charge is -2.39. The van der Waals surface area contributed by atoms with Crippen molar-refractivity contribution in [2.75, 3.05) is 13.2 Å². The first-order valence-corrected chi connectivity index (χ1v) is 7.65. The molecule has 1 fully saturated rings. The predicted molar refractivity (Wildman–Crippen MR) is 83.5 cm³/mol. The van der Waals surface area contributed by atoms with E-state index in [9.17, 15) is 20.4 Å². The number of aliphatic hydroxyl groups is 5. The average molecular weight is 332 g/mol. The van der Waals surface area contributed by atoms with Crippen LogP contribution in [0.15, 0.2) is 24.3 Å². The molecule has 0 spiro atoms. The van der Waals surface area contributed by atoms with Crippen LogP contribution in [0, 0.1) is 0 Å². The fourth-order valence-corrected chi connectivity index (χ4v) is 2.19. The largest absolute Gasteiger partial charge is 0.394 e. The smallest absolute Gasteiger partial charge is 0.187 e. The highest BCUT2D eigenvalue weighted by Crippen LogP contribution is 2.22. The van der Waals surface area contributed by atoms with Crippen molar-refractivity contribution in [2.45, 2.75) is 63.0 Å². The molecule has 7 nitrogen and oxygen atoms in total. The lowest BCUT2D eigenvalue weighted by molar-refractivity contribution is -0.299. The van der Waals surface area contributed by atoms with Gasteiger partial charge in [-0.05, 0) is 26.7 Å². The molecule has 1 saturated heterocycles. The Morgan fingerprint density at radius 3 is 2.48 bits per heavy atom. The van der Waals surface area contributed by atoms with Crippen molar-refractivity contribution < 1.29 is 35.0 Å². The number of hydrogen-bond acceptors (Lipinski definition) is 7. The molecule has 1 heterocycles. The maximum Gasteiger partial charge on any atom is 0.187 e. The molecule has 1 aliphatic rings. The molecular weight excluding hydrogens is 304 g/mol. The van der Waals surface area contributed by atoms with Crippen LogP contribution in [0.3, 0.4) is 0 Å². The monoisotopic (exact) mass is 332 g/mol. The van der Waals surface area contributed by atoms with Crippen molar-refractivity contribution in [3.63, 3.8) is 0 Å². The summed E-state index contributed by atoms with van der Waals surface area (Å²) < 4.78 is 10.7. The van der Waals surface area contributed by atoms with E-state index in [4.69, 9.17) is 14.6 Å². The first kappa shape index (κ1) is 20.2. The second-order valence-corrected chi connectivity index (χ2v) is 6.16. The molecule has 0 bridgehead atoms. The number of ether oxygens (including phenoxy) is 2. The molecular formula is C16H28O7. The van der Waals surface area contributed by atoms with E-state index in [1.807, 2.05) is 13.0 Å². The highest BCUT2D eigenvalue weighted by Gasteiger charge is 2.43. The molecule has 0 amide bonds. The van der Waals surface area contributed by atoms with Crippen LogP contribution in [0.4, 0.5) is 0 Å². The Hall–Kier alpha value is -0.800. The van der Waals surface area contributed by atoms with Gasteiger partial charge in [0, 0.05) is 0 Å². The molecule has 0 aromatic heterocycles. The van der Waals surface area contributed by atoms with Gasteiger partial charge in [-0.3, -0.25) is 0 Å². The van der Waals surface area contributed by atoms with Gasteiger partial charge in [-0.25, -0.2) is 0 Å². The molecule has 0 unspecified atom stereocenters. The van der Waals surface area contributed by atoms with Crippen molar-refractivity contribution in [2.24, 2.45) is 0 Å². The van der Waals surface area contributed by atoms with Gasteiger partial charge in [-0.2, -0.15) is 0 Å². The summed E-state index contributed by atoms with van der Waals surface area (Å²) in [4.78, 5) is 0. The van der Waals surface area contributed by atoms with Crippen molar-refractivity contribution in [1.29, 1.82) is 0 Å². The Balaban J connectivity index is 2.48. The summed E-state index contributed by atoms with van der Waals surface area (Å²) in [5.41, 5.74) is -0.0589. The lowest BCUT2D eigenvalue weighted by atomic mass is 9.99. The zero-order valence-corrected chi connectivity index (χ0v) is 13.6. The van der Waals surface area contributed by atoms with Gasteiger partial charge in [-0.15, -0.1) is 6.58 Å². The molecule has 0 saturated carbocycles. The van der Waals surface area contributed by atoms with E-state index in [-0.39, 0.29) is 6.61 Å². The van der Waals surface area contributed by atoms with E-state index in [1.165, 1.54) is 6.08 Å². The van der Waals surface area contributed by atoms with Crippen LogP contribution < -0.4 is 0 Å². The summed E-state index contributed by atoms with van der Waals surface area (Å²) in [6.45, 7) is 6.72. The summed E-state index contributed by atoms with van der Waals surface area (Å²) in [7, 11) is 0. The Labute approximate surface area is 136 Å². The van der Waals surface area contributed by atoms with E-state index in [1.54, 1.807) is 6.92 Å². The van der Waals surface area contributed by atoms with Gasteiger partial charge in [-0.1, -0.05) is 17.7 Å². The maximum absolute atomic E-state index is 9.84. The molecule has 5 N–H and O–H groups in total.